The maximum Gasteiger partial charge on any atom is 0.178 e. The summed E-state index contributed by atoms with van der Waals surface area (Å²) < 4.78 is 16.6. The molecule has 0 radical (unpaired) electrons. The topological polar surface area (TPSA) is 31.0 Å². The van der Waals surface area contributed by atoms with Crippen LogP contribution >= 0.6 is 0 Å². The molecule has 0 aromatic rings. The van der Waals surface area contributed by atoms with E-state index >= 15 is 0 Å². The van der Waals surface area contributed by atoms with Crippen LogP contribution in [0.5, 0.6) is 0 Å². The molecule has 2 saturated carbocycles. The highest BCUT2D eigenvalue weighted by Gasteiger charge is 2.73. The predicted octanol–water partition coefficient (Wildman–Crippen LogP) is 0.783. The van der Waals surface area contributed by atoms with Gasteiger partial charge in [-0.25, -0.2) is 0 Å². The third-order valence-electron chi connectivity index (χ3n) is 3.82. The maximum absolute atomic E-state index is 5.54. The van der Waals surface area contributed by atoms with Crippen LogP contribution in [0.1, 0.15) is 12.8 Å². The minimum Gasteiger partial charge on any atom is -0.369 e. The SMILES string of the molecule is COC1(OC)C2CCC1C1OC12. The largest absolute Gasteiger partial charge is 0.369 e. The summed E-state index contributed by atoms with van der Waals surface area (Å²) in [5.41, 5.74) is 0. The van der Waals surface area contributed by atoms with Crippen molar-refractivity contribution in [1.82, 2.24) is 0 Å². The minimum absolute atomic E-state index is 0.298. The summed E-state index contributed by atoms with van der Waals surface area (Å²) >= 11 is 0. The van der Waals surface area contributed by atoms with Crippen molar-refractivity contribution >= 4 is 0 Å². The molecule has 3 rings (SSSR count). The van der Waals surface area contributed by atoms with E-state index in [9.17, 15) is 0 Å². The monoisotopic (exact) mass is 170 g/mol. The zero-order valence-corrected chi connectivity index (χ0v) is 7.45. The van der Waals surface area contributed by atoms with Crippen LogP contribution in [0, 0.1) is 11.8 Å². The summed E-state index contributed by atoms with van der Waals surface area (Å²) in [6, 6.07) is 0. The van der Waals surface area contributed by atoms with Gasteiger partial charge in [-0.1, -0.05) is 0 Å². The van der Waals surface area contributed by atoms with E-state index in [0.717, 1.165) is 0 Å². The third kappa shape index (κ3) is 0.573. The van der Waals surface area contributed by atoms with E-state index in [2.05, 4.69) is 0 Å². The molecule has 3 heteroatoms. The van der Waals surface area contributed by atoms with Gasteiger partial charge in [-0.15, -0.1) is 0 Å². The van der Waals surface area contributed by atoms with Crippen LogP contribution in [-0.2, 0) is 14.2 Å². The van der Waals surface area contributed by atoms with Gasteiger partial charge in [-0.2, -0.15) is 0 Å². The molecule has 0 aromatic heterocycles. The van der Waals surface area contributed by atoms with Crippen LogP contribution in [0.15, 0.2) is 0 Å². The average molecular weight is 170 g/mol. The Kier molecular flexibility index (Phi) is 1.23. The molecule has 3 aliphatic rings. The molecule has 1 heterocycles. The molecule has 0 N–H and O–H groups in total. The Bertz CT molecular complexity index is 194. The molecule has 3 fully saturated rings. The fraction of sp³-hybridized carbons (Fsp3) is 1.00. The van der Waals surface area contributed by atoms with E-state index < -0.39 is 0 Å². The highest BCUT2D eigenvalue weighted by Crippen LogP contribution is 2.63. The second-order valence-corrected chi connectivity index (χ2v) is 3.99. The van der Waals surface area contributed by atoms with Gasteiger partial charge < -0.3 is 14.2 Å². The lowest BCUT2D eigenvalue weighted by molar-refractivity contribution is -0.251. The van der Waals surface area contributed by atoms with Crippen molar-refractivity contribution in [2.45, 2.75) is 30.8 Å². The number of methoxy groups -OCH3 is 2. The molecule has 2 bridgehead atoms. The first-order chi connectivity index (χ1) is 5.83. The fourth-order valence-corrected chi connectivity index (χ4v) is 3.30. The van der Waals surface area contributed by atoms with Crippen molar-refractivity contribution in [2.75, 3.05) is 14.2 Å². The van der Waals surface area contributed by atoms with Gasteiger partial charge in [0.15, 0.2) is 5.79 Å². The van der Waals surface area contributed by atoms with Crippen molar-refractivity contribution in [1.29, 1.82) is 0 Å². The molecular formula is C9H14O3. The lowest BCUT2D eigenvalue weighted by atomic mass is 10.0. The van der Waals surface area contributed by atoms with Crippen LogP contribution in [0.2, 0.25) is 0 Å². The van der Waals surface area contributed by atoms with Gasteiger partial charge >= 0.3 is 0 Å². The quantitative estimate of drug-likeness (QED) is 0.453. The molecule has 2 aliphatic carbocycles. The van der Waals surface area contributed by atoms with Gasteiger partial charge in [-0.05, 0) is 12.8 Å². The number of epoxide rings is 1. The Balaban J connectivity index is 1.97. The number of hydrogen-bond donors (Lipinski definition) is 0. The highest BCUT2D eigenvalue weighted by molar-refractivity contribution is 5.17. The number of hydrogen-bond acceptors (Lipinski definition) is 3. The Labute approximate surface area is 72.0 Å². The molecule has 12 heavy (non-hydrogen) atoms. The van der Waals surface area contributed by atoms with Crippen LogP contribution < -0.4 is 0 Å². The normalized spacial score (nSPS) is 52.5. The van der Waals surface area contributed by atoms with Crippen molar-refractivity contribution in [3.8, 4) is 0 Å². The molecule has 68 valence electrons. The first-order valence-electron chi connectivity index (χ1n) is 4.59. The number of rotatable bonds is 2. The van der Waals surface area contributed by atoms with E-state index in [1.807, 2.05) is 0 Å². The third-order valence-corrected chi connectivity index (χ3v) is 3.82. The molecule has 0 spiro atoms. The second kappa shape index (κ2) is 2.03. The van der Waals surface area contributed by atoms with Gasteiger partial charge in [0.1, 0.15) is 0 Å². The summed E-state index contributed by atoms with van der Waals surface area (Å²) in [5, 5.41) is 0. The van der Waals surface area contributed by atoms with Crippen LogP contribution in [-0.4, -0.2) is 32.2 Å². The van der Waals surface area contributed by atoms with E-state index in [0.29, 0.717) is 24.0 Å². The van der Waals surface area contributed by atoms with Gasteiger partial charge in [0.05, 0.1) is 12.2 Å². The summed E-state index contributed by atoms with van der Waals surface area (Å²) in [6.45, 7) is 0. The maximum atomic E-state index is 5.54. The molecule has 4 unspecified atom stereocenters. The van der Waals surface area contributed by atoms with Crippen molar-refractivity contribution < 1.29 is 14.2 Å². The molecule has 4 atom stereocenters. The Morgan fingerprint density at radius 2 is 1.58 bits per heavy atom. The summed E-state index contributed by atoms with van der Waals surface area (Å²) in [6.07, 6.45) is 3.30. The lowest BCUT2D eigenvalue weighted by Crippen LogP contribution is -2.42. The summed E-state index contributed by atoms with van der Waals surface area (Å²) in [7, 11) is 3.50. The number of ether oxygens (including phenoxy) is 3. The van der Waals surface area contributed by atoms with Crippen molar-refractivity contribution in [3.63, 3.8) is 0 Å². The molecule has 1 saturated heterocycles. The van der Waals surface area contributed by atoms with Gasteiger partial charge in [0.25, 0.3) is 0 Å². The molecule has 0 aromatic carbocycles. The van der Waals surface area contributed by atoms with Gasteiger partial charge in [-0.3, -0.25) is 0 Å². The molecule has 3 nitrogen and oxygen atoms in total. The molecule has 1 aliphatic heterocycles. The second-order valence-electron chi connectivity index (χ2n) is 3.99. The molecule has 0 amide bonds. The average Bonchev–Trinajstić information content (AvgIpc) is 2.79. The fourth-order valence-electron chi connectivity index (χ4n) is 3.30. The zero-order valence-electron chi connectivity index (χ0n) is 7.45. The standard InChI is InChI=1S/C9H14O3/c1-10-9(11-2)5-3-4-6(9)8-7(5)12-8/h5-8H,3-4H2,1-2H3. The smallest absolute Gasteiger partial charge is 0.178 e. The zero-order chi connectivity index (χ0) is 8.34. The molecular weight excluding hydrogens is 156 g/mol. The Morgan fingerprint density at radius 3 is 1.92 bits per heavy atom. The lowest BCUT2D eigenvalue weighted by Gasteiger charge is -2.32. The van der Waals surface area contributed by atoms with Crippen molar-refractivity contribution in [3.05, 3.63) is 0 Å². The van der Waals surface area contributed by atoms with Crippen LogP contribution in [0.25, 0.3) is 0 Å². The van der Waals surface area contributed by atoms with E-state index in [4.69, 9.17) is 14.2 Å². The Hall–Kier alpha value is -0.120. The first-order valence-corrected chi connectivity index (χ1v) is 4.59. The van der Waals surface area contributed by atoms with E-state index in [1.54, 1.807) is 14.2 Å². The summed E-state index contributed by atoms with van der Waals surface area (Å²) in [4.78, 5) is 0. The first kappa shape index (κ1) is 7.30. The van der Waals surface area contributed by atoms with Crippen LogP contribution in [0.4, 0.5) is 0 Å². The van der Waals surface area contributed by atoms with Gasteiger partial charge in [0, 0.05) is 26.1 Å². The van der Waals surface area contributed by atoms with Crippen LogP contribution in [0.3, 0.4) is 0 Å². The van der Waals surface area contributed by atoms with E-state index in [1.165, 1.54) is 12.8 Å². The highest BCUT2D eigenvalue weighted by atomic mass is 16.7. The van der Waals surface area contributed by atoms with Crippen molar-refractivity contribution in [2.24, 2.45) is 11.8 Å². The van der Waals surface area contributed by atoms with Gasteiger partial charge in [0.2, 0.25) is 0 Å². The summed E-state index contributed by atoms with van der Waals surface area (Å²) in [5.74, 6) is 0.679. The minimum atomic E-state index is -0.298. The Morgan fingerprint density at radius 1 is 1.08 bits per heavy atom. The predicted molar refractivity (Wildman–Crippen MR) is 41.6 cm³/mol. The van der Waals surface area contributed by atoms with E-state index in [-0.39, 0.29) is 5.79 Å². The number of fused-ring (bicyclic) bond motifs is 5.